The first kappa shape index (κ1) is 15.4. The second-order valence-electron chi connectivity index (χ2n) is 3.76. The Morgan fingerprint density at radius 2 is 1.87 bits per heavy atom. The average molecular weight is 322 g/mol. The molecule has 0 aromatic carbocycles. The van der Waals surface area contributed by atoms with Crippen LogP contribution < -0.4 is 0 Å². The van der Waals surface area contributed by atoms with Crippen LogP contribution in [0.4, 0.5) is 0 Å². The molecule has 3 heteroatoms. The molecule has 0 fully saturated rings. The minimum absolute atomic E-state index is 0. The van der Waals surface area contributed by atoms with E-state index in [1.165, 1.54) is 18.4 Å². The van der Waals surface area contributed by atoms with Crippen LogP contribution in [0.15, 0.2) is 42.0 Å². The van der Waals surface area contributed by atoms with Crippen LogP contribution in [0.1, 0.15) is 26.7 Å². The largest absolute Gasteiger partial charge is 0.147 e. The van der Waals surface area contributed by atoms with Crippen molar-refractivity contribution in [3.63, 3.8) is 0 Å². The molecule has 0 aromatic heterocycles. The molecule has 0 aromatic rings. The molecule has 2 rings (SSSR count). The fourth-order valence-electron chi connectivity index (χ4n) is 1.69. The van der Waals surface area contributed by atoms with E-state index in [0.717, 1.165) is 0 Å². The third-order valence-corrected chi connectivity index (χ3v) is 5.89. The second kappa shape index (κ2) is 6.89. The molecular formula is C12H16Cl2Zr. The van der Waals surface area contributed by atoms with Crippen LogP contribution in [0.3, 0.4) is 0 Å². The predicted molar refractivity (Wildman–Crippen MR) is 67.4 cm³/mol. The van der Waals surface area contributed by atoms with Gasteiger partial charge in [0, 0.05) is 0 Å². The topological polar surface area (TPSA) is 0 Å². The summed E-state index contributed by atoms with van der Waals surface area (Å²) in [7, 11) is 0. The number of allylic oxidation sites excluding steroid dienone is 8. The Morgan fingerprint density at radius 3 is 2.33 bits per heavy atom. The fraction of sp³-hybridized carbons (Fsp3) is 0.333. The number of rotatable bonds is 2. The van der Waals surface area contributed by atoms with Gasteiger partial charge in [-0.15, -0.1) is 24.8 Å². The predicted octanol–water partition coefficient (Wildman–Crippen LogP) is 4.38. The number of hydrogen-bond acceptors (Lipinski definition) is 0. The van der Waals surface area contributed by atoms with Crippen LogP contribution in [0.25, 0.3) is 0 Å². The summed E-state index contributed by atoms with van der Waals surface area (Å²) in [6, 6.07) is 0. The quantitative estimate of drug-likeness (QED) is 0.708. The van der Waals surface area contributed by atoms with E-state index in [2.05, 4.69) is 38.2 Å². The van der Waals surface area contributed by atoms with Gasteiger partial charge in [-0.3, -0.25) is 0 Å². The van der Waals surface area contributed by atoms with Crippen LogP contribution in [-0.2, 0) is 23.2 Å². The first-order valence-corrected chi connectivity index (χ1v) is 7.21. The standard InChI is InChI=1S/C7H9.C5H5.2ClH.Zr/c1-6-4-3-5-7(6)2;1-2-4-5-3-1;;;/h4H,5H2,1-2H3;1-3H,4H2;2*1H;. The summed E-state index contributed by atoms with van der Waals surface area (Å²) < 4.78 is 3.49. The van der Waals surface area contributed by atoms with Gasteiger partial charge in [0.05, 0.1) is 0 Å². The molecule has 0 saturated heterocycles. The maximum atomic E-state index is 2.43. The summed E-state index contributed by atoms with van der Waals surface area (Å²) in [5.74, 6) is 0. The normalized spacial score (nSPS) is 18.0. The first-order valence-electron chi connectivity index (χ1n) is 4.75. The van der Waals surface area contributed by atoms with Gasteiger partial charge in [0.25, 0.3) is 0 Å². The molecule has 0 radical (unpaired) electrons. The molecule has 0 aliphatic heterocycles. The minimum atomic E-state index is -0.364. The molecule has 0 spiro atoms. The van der Waals surface area contributed by atoms with Gasteiger partial charge in [-0.25, -0.2) is 0 Å². The Bertz CT molecular complexity index is 349. The van der Waals surface area contributed by atoms with Crippen LogP contribution in [-0.4, -0.2) is 0 Å². The number of halogens is 2. The zero-order valence-corrected chi connectivity index (χ0v) is 13.1. The summed E-state index contributed by atoms with van der Waals surface area (Å²) in [6.45, 7) is 4.50. The molecule has 2 aliphatic carbocycles. The summed E-state index contributed by atoms with van der Waals surface area (Å²) in [5.41, 5.74) is 3.10. The molecule has 82 valence electrons. The molecule has 0 N–H and O–H groups in total. The van der Waals surface area contributed by atoms with Gasteiger partial charge >= 0.3 is 91.9 Å². The second-order valence-corrected chi connectivity index (χ2v) is 7.53. The van der Waals surface area contributed by atoms with E-state index in [0.29, 0.717) is 0 Å². The van der Waals surface area contributed by atoms with Crippen LogP contribution in [0.5, 0.6) is 0 Å². The fourth-order valence-corrected chi connectivity index (χ4v) is 5.26. The smallest absolute Gasteiger partial charge is 0.147 e. The maximum Gasteiger partial charge on any atom is -0.147 e. The van der Waals surface area contributed by atoms with Gasteiger partial charge in [-0.1, -0.05) is 0 Å². The molecule has 0 bridgehead atoms. The van der Waals surface area contributed by atoms with Crippen LogP contribution >= 0.6 is 24.8 Å². The van der Waals surface area contributed by atoms with Gasteiger partial charge in [0.2, 0.25) is 0 Å². The average Bonchev–Trinajstić information content (AvgIpc) is 2.64. The molecule has 0 heterocycles. The first-order chi connectivity index (χ1) is 6.25. The Kier molecular flexibility index (Phi) is 7.08. The Balaban J connectivity index is 0.000000980. The maximum absolute atomic E-state index is 2.43. The van der Waals surface area contributed by atoms with Gasteiger partial charge < -0.3 is 0 Å². The summed E-state index contributed by atoms with van der Waals surface area (Å²) in [5, 5.41) is 0. The molecule has 15 heavy (non-hydrogen) atoms. The zero-order chi connectivity index (χ0) is 9.26. The third kappa shape index (κ3) is 4.06. The molecular weight excluding hydrogens is 306 g/mol. The van der Waals surface area contributed by atoms with E-state index in [-0.39, 0.29) is 48.0 Å². The summed E-state index contributed by atoms with van der Waals surface area (Å²) >= 11 is -0.364. The Labute approximate surface area is 116 Å². The SMILES string of the molecule is CC1=C(C)C[C]([Zr][C]2=CC=CC2)=C1.Cl.Cl. The molecule has 0 amide bonds. The van der Waals surface area contributed by atoms with Crippen LogP contribution in [0, 0.1) is 0 Å². The van der Waals surface area contributed by atoms with E-state index in [1.54, 1.807) is 12.1 Å². The van der Waals surface area contributed by atoms with Gasteiger partial charge in [-0.05, 0) is 0 Å². The van der Waals surface area contributed by atoms with Crippen molar-refractivity contribution in [2.45, 2.75) is 26.7 Å². The van der Waals surface area contributed by atoms with Crippen molar-refractivity contribution in [2.75, 3.05) is 0 Å². The van der Waals surface area contributed by atoms with Gasteiger partial charge in [0.1, 0.15) is 0 Å². The Morgan fingerprint density at radius 1 is 1.13 bits per heavy atom. The van der Waals surface area contributed by atoms with Crippen molar-refractivity contribution in [3.8, 4) is 0 Å². The minimum Gasteiger partial charge on any atom is -0.147 e. The van der Waals surface area contributed by atoms with Crippen molar-refractivity contribution >= 4 is 24.8 Å². The van der Waals surface area contributed by atoms with E-state index in [4.69, 9.17) is 0 Å². The van der Waals surface area contributed by atoms with Gasteiger partial charge in [0.15, 0.2) is 0 Å². The van der Waals surface area contributed by atoms with Crippen molar-refractivity contribution in [1.29, 1.82) is 0 Å². The molecule has 0 saturated carbocycles. The van der Waals surface area contributed by atoms with Crippen molar-refractivity contribution in [1.82, 2.24) is 0 Å². The van der Waals surface area contributed by atoms with Crippen molar-refractivity contribution in [3.05, 3.63) is 42.0 Å². The molecule has 2 aliphatic rings. The molecule has 0 atom stereocenters. The summed E-state index contributed by atoms with van der Waals surface area (Å²) in [4.78, 5) is 0. The van der Waals surface area contributed by atoms with Gasteiger partial charge in [-0.2, -0.15) is 0 Å². The van der Waals surface area contributed by atoms with E-state index in [1.807, 2.05) is 0 Å². The van der Waals surface area contributed by atoms with Crippen molar-refractivity contribution < 1.29 is 23.2 Å². The monoisotopic (exact) mass is 320 g/mol. The number of hydrogen-bond donors (Lipinski definition) is 0. The molecule has 0 nitrogen and oxygen atoms in total. The zero-order valence-electron chi connectivity index (χ0n) is 9.04. The molecule has 0 unspecified atom stereocenters. The summed E-state index contributed by atoms with van der Waals surface area (Å²) in [6.07, 6.45) is 11.8. The van der Waals surface area contributed by atoms with Crippen molar-refractivity contribution in [2.24, 2.45) is 0 Å². The van der Waals surface area contributed by atoms with E-state index in [9.17, 15) is 0 Å². The van der Waals surface area contributed by atoms with Crippen LogP contribution in [0.2, 0.25) is 0 Å². The third-order valence-electron chi connectivity index (χ3n) is 2.61. The van der Waals surface area contributed by atoms with E-state index < -0.39 is 0 Å². The Hall–Kier alpha value is 0.423. The van der Waals surface area contributed by atoms with E-state index >= 15 is 0 Å².